The van der Waals surface area contributed by atoms with Crippen LogP contribution in [0.1, 0.15) is 5.56 Å². The van der Waals surface area contributed by atoms with Gasteiger partial charge in [0.05, 0.1) is 19.8 Å². The molecule has 1 aromatic rings. The molecule has 0 aliphatic rings. The minimum Gasteiger partial charge on any atom is -0.493 e. The average molecular weight is 241 g/mol. The molecule has 3 heteroatoms. The summed E-state index contributed by atoms with van der Waals surface area (Å²) in [5, 5.41) is 0. The van der Waals surface area contributed by atoms with Crippen molar-refractivity contribution in [3.8, 4) is 23.8 Å². The second-order valence-corrected chi connectivity index (χ2v) is 3.25. The Labute approximate surface area is 86.0 Å². The molecule has 0 saturated carbocycles. The van der Waals surface area contributed by atoms with Gasteiger partial charge in [-0.3, -0.25) is 0 Å². The van der Waals surface area contributed by atoms with Crippen LogP contribution in [0.4, 0.5) is 0 Å². The summed E-state index contributed by atoms with van der Waals surface area (Å²) < 4.78 is 11.1. The third-order valence-corrected chi connectivity index (χ3v) is 2.06. The van der Waals surface area contributed by atoms with Crippen molar-refractivity contribution >= 4 is 15.9 Å². The average Bonchev–Trinajstić information content (AvgIpc) is 2.16. The fraction of sp³-hybridized carbons (Fsp3) is 0.200. The van der Waals surface area contributed by atoms with Crippen LogP contribution >= 0.6 is 15.9 Å². The van der Waals surface area contributed by atoms with Crippen LogP contribution in [0.2, 0.25) is 0 Å². The van der Waals surface area contributed by atoms with Crippen LogP contribution in [0.3, 0.4) is 0 Å². The molecule has 0 unspecified atom stereocenters. The number of hydrogen-bond acceptors (Lipinski definition) is 2. The molecule has 0 atom stereocenters. The van der Waals surface area contributed by atoms with Gasteiger partial charge in [-0.25, -0.2) is 0 Å². The number of benzene rings is 1. The van der Waals surface area contributed by atoms with Gasteiger partial charge < -0.3 is 9.47 Å². The van der Waals surface area contributed by atoms with Crippen LogP contribution in [-0.4, -0.2) is 14.2 Å². The molecule has 0 heterocycles. The first-order valence-corrected chi connectivity index (χ1v) is 4.40. The molecule has 2 nitrogen and oxygen atoms in total. The number of ether oxygens (including phenoxy) is 2. The molecular weight excluding hydrogens is 232 g/mol. The molecule has 0 N–H and O–H groups in total. The van der Waals surface area contributed by atoms with E-state index in [1.807, 2.05) is 0 Å². The Balaban J connectivity index is 3.36. The highest BCUT2D eigenvalue weighted by molar-refractivity contribution is 9.10. The normalized spacial score (nSPS) is 9.08. The quantitative estimate of drug-likeness (QED) is 0.740. The molecule has 0 aliphatic carbocycles. The first-order chi connectivity index (χ1) is 6.22. The molecule has 68 valence electrons. The van der Waals surface area contributed by atoms with Crippen molar-refractivity contribution in [2.75, 3.05) is 14.2 Å². The summed E-state index contributed by atoms with van der Waals surface area (Å²) in [4.78, 5) is 0. The maximum Gasteiger partial charge on any atom is 0.176 e. The van der Waals surface area contributed by atoms with Crippen LogP contribution in [0, 0.1) is 12.3 Å². The van der Waals surface area contributed by atoms with Gasteiger partial charge in [0, 0.05) is 4.47 Å². The van der Waals surface area contributed by atoms with Gasteiger partial charge in [0.2, 0.25) is 0 Å². The first kappa shape index (κ1) is 9.94. The van der Waals surface area contributed by atoms with E-state index in [-0.39, 0.29) is 0 Å². The Kier molecular flexibility index (Phi) is 3.21. The molecule has 0 fully saturated rings. The number of methoxy groups -OCH3 is 2. The largest absolute Gasteiger partial charge is 0.493 e. The van der Waals surface area contributed by atoms with E-state index in [2.05, 4.69) is 21.9 Å². The summed E-state index contributed by atoms with van der Waals surface area (Å²) in [6.45, 7) is 0. The molecular formula is C10H9BrO2. The zero-order valence-corrected chi connectivity index (χ0v) is 9.01. The topological polar surface area (TPSA) is 18.5 Å². The van der Waals surface area contributed by atoms with Gasteiger partial charge in [0.15, 0.2) is 11.5 Å². The van der Waals surface area contributed by atoms with Crippen molar-refractivity contribution in [2.24, 2.45) is 0 Å². The fourth-order valence-corrected chi connectivity index (χ4v) is 1.47. The smallest absolute Gasteiger partial charge is 0.176 e. The van der Waals surface area contributed by atoms with Gasteiger partial charge in [-0.15, -0.1) is 6.42 Å². The van der Waals surface area contributed by atoms with E-state index >= 15 is 0 Å². The van der Waals surface area contributed by atoms with Gasteiger partial charge in [-0.1, -0.05) is 21.9 Å². The minimum atomic E-state index is 0.591. The molecule has 0 bridgehead atoms. The van der Waals surface area contributed by atoms with E-state index in [4.69, 9.17) is 15.9 Å². The lowest BCUT2D eigenvalue weighted by molar-refractivity contribution is 0.354. The summed E-state index contributed by atoms with van der Waals surface area (Å²) in [6, 6.07) is 3.61. The Morgan fingerprint density at radius 2 is 2.00 bits per heavy atom. The number of terminal acetylenes is 1. The van der Waals surface area contributed by atoms with E-state index in [9.17, 15) is 0 Å². The maximum absolute atomic E-state index is 5.31. The highest BCUT2D eigenvalue weighted by atomic mass is 79.9. The van der Waals surface area contributed by atoms with Gasteiger partial charge in [-0.2, -0.15) is 0 Å². The van der Waals surface area contributed by atoms with Crippen molar-refractivity contribution in [3.63, 3.8) is 0 Å². The van der Waals surface area contributed by atoms with Gasteiger partial charge in [0.1, 0.15) is 0 Å². The minimum absolute atomic E-state index is 0.591. The lowest BCUT2D eigenvalue weighted by Crippen LogP contribution is -1.93. The van der Waals surface area contributed by atoms with Crippen LogP contribution in [0.5, 0.6) is 11.5 Å². The summed E-state index contributed by atoms with van der Waals surface area (Å²) >= 11 is 3.33. The molecule has 0 amide bonds. The van der Waals surface area contributed by atoms with E-state index in [0.717, 1.165) is 4.47 Å². The number of rotatable bonds is 2. The van der Waals surface area contributed by atoms with Crippen LogP contribution in [0.15, 0.2) is 16.6 Å². The highest BCUT2D eigenvalue weighted by Crippen LogP contribution is 2.33. The van der Waals surface area contributed by atoms with Gasteiger partial charge in [-0.05, 0) is 12.1 Å². The molecule has 0 aliphatic heterocycles. The van der Waals surface area contributed by atoms with Crippen molar-refractivity contribution in [2.45, 2.75) is 0 Å². The first-order valence-electron chi connectivity index (χ1n) is 3.61. The lowest BCUT2D eigenvalue weighted by atomic mass is 10.2. The standard InChI is InChI=1S/C10H9BrO2/c1-4-7-5-8(11)6-9(12-2)10(7)13-3/h1,5-6H,2-3H3. The Bertz CT molecular complexity index is 353. The number of halogens is 1. The van der Waals surface area contributed by atoms with Gasteiger partial charge >= 0.3 is 0 Å². The third-order valence-electron chi connectivity index (χ3n) is 1.60. The summed E-state index contributed by atoms with van der Waals surface area (Å²) in [7, 11) is 3.14. The van der Waals surface area contributed by atoms with E-state index in [1.165, 1.54) is 0 Å². The second-order valence-electron chi connectivity index (χ2n) is 2.33. The van der Waals surface area contributed by atoms with Crippen molar-refractivity contribution in [1.29, 1.82) is 0 Å². The SMILES string of the molecule is C#Cc1cc(Br)cc(OC)c1OC. The Morgan fingerprint density at radius 1 is 1.31 bits per heavy atom. The summed E-state index contributed by atoms with van der Waals surface area (Å²) in [5.74, 6) is 3.75. The van der Waals surface area contributed by atoms with Crippen molar-refractivity contribution < 1.29 is 9.47 Å². The van der Waals surface area contributed by atoms with Crippen LogP contribution in [-0.2, 0) is 0 Å². The van der Waals surface area contributed by atoms with Crippen molar-refractivity contribution in [3.05, 3.63) is 22.2 Å². The second kappa shape index (κ2) is 4.20. The molecule has 0 radical (unpaired) electrons. The van der Waals surface area contributed by atoms with E-state index < -0.39 is 0 Å². The molecule has 1 rings (SSSR count). The maximum atomic E-state index is 5.31. The summed E-state index contributed by atoms with van der Waals surface area (Å²) in [5.41, 5.74) is 0.675. The summed E-state index contributed by atoms with van der Waals surface area (Å²) in [6.07, 6.45) is 5.31. The zero-order valence-electron chi connectivity index (χ0n) is 7.43. The predicted molar refractivity (Wildman–Crippen MR) is 55.2 cm³/mol. The highest BCUT2D eigenvalue weighted by Gasteiger charge is 2.09. The molecule has 1 aromatic carbocycles. The Morgan fingerprint density at radius 3 is 2.46 bits per heavy atom. The Hall–Kier alpha value is -1.14. The monoisotopic (exact) mass is 240 g/mol. The lowest BCUT2D eigenvalue weighted by Gasteiger charge is -2.09. The number of hydrogen-bond donors (Lipinski definition) is 0. The van der Waals surface area contributed by atoms with Crippen LogP contribution in [0.25, 0.3) is 0 Å². The zero-order chi connectivity index (χ0) is 9.84. The van der Waals surface area contributed by atoms with Gasteiger partial charge in [0.25, 0.3) is 0 Å². The molecule has 0 aromatic heterocycles. The molecule has 13 heavy (non-hydrogen) atoms. The molecule has 0 spiro atoms. The van der Waals surface area contributed by atoms with Crippen LogP contribution < -0.4 is 9.47 Å². The predicted octanol–water partition coefficient (Wildman–Crippen LogP) is 2.45. The van der Waals surface area contributed by atoms with Crippen molar-refractivity contribution in [1.82, 2.24) is 0 Å². The molecule has 0 saturated heterocycles. The van der Waals surface area contributed by atoms with E-state index in [1.54, 1.807) is 26.4 Å². The third kappa shape index (κ3) is 1.96. The van der Waals surface area contributed by atoms with E-state index in [0.29, 0.717) is 17.1 Å². The fourth-order valence-electron chi connectivity index (χ4n) is 1.04.